The third-order valence-electron chi connectivity index (χ3n) is 15.5. The Kier molecular flexibility index (Phi) is 19.3. The van der Waals surface area contributed by atoms with Crippen LogP contribution in [-0.2, 0) is 104 Å². The number of methoxy groups -OCH3 is 1. The van der Waals surface area contributed by atoms with E-state index in [1.165, 1.54) is 43.5 Å². The Morgan fingerprint density at radius 2 is 1.23 bits per heavy atom. The molecule has 3 heterocycles. The lowest BCUT2D eigenvalue weighted by Gasteiger charge is -2.32. The molecule has 2 amide bonds. The molecule has 3 aliphatic heterocycles. The highest BCUT2D eigenvalue weighted by Crippen LogP contribution is 2.55. The van der Waals surface area contributed by atoms with E-state index in [4.69, 9.17) is 23.8 Å². The molecule has 0 bridgehead atoms. The zero-order valence-corrected chi connectivity index (χ0v) is 51.2. The van der Waals surface area contributed by atoms with E-state index in [0.29, 0.717) is 30.4 Å². The molecule has 1 saturated heterocycles. The molecule has 4 aromatic carbocycles. The molecule has 0 saturated carbocycles. The van der Waals surface area contributed by atoms with Gasteiger partial charge in [-0.1, -0.05) is 6.07 Å². The Bertz CT molecular complexity index is 4260. The summed E-state index contributed by atoms with van der Waals surface area (Å²) in [5.74, 6) is -4.80. The van der Waals surface area contributed by atoms with Crippen LogP contribution in [-0.4, -0.2) is 181 Å². The van der Waals surface area contributed by atoms with Crippen molar-refractivity contribution in [1.82, 2.24) is 5.06 Å². The number of nitrogens with zero attached hydrogens (tertiary/aromatic N) is 3. The highest BCUT2D eigenvalue weighted by atomic mass is 32.2. The van der Waals surface area contributed by atoms with E-state index < -0.39 is 123 Å². The number of likely N-dealkylation sites (N-methyl/N-ethyl adjacent to an activating group) is 1. The molecule has 0 aromatic heterocycles. The van der Waals surface area contributed by atoms with Crippen LogP contribution in [0.4, 0.5) is 11.4 Å². The number of aliphatic hydroxyl groups is 1. The number of ketones is 1. The summed E-state index contributed by atoms with van der Waals surface area (Å²) in [6.07, 6.45) is 0.926. The van der Waals surface area contributed by atoms with Crippen LogP contribution >= 0.6 is 0 Å². The van der Waals surface area contributed by atoms with Gasteiger partial charge in [-0.15, -0.1) is 5.06 Å². The van der Waals surface area contributed by atoms with Crippen LogP contribution in [0.3, 0.4) is 0 Å². The van der Waals surface area contributed by atoms with Gasteiger partial charge in [0.25, 0.3) is 52.3 Å². The SMILES string of the molecule is CCN1C(=CC2=C(O)C(=CC3=[N+](CCCC(=O)ON4C(=O)CCC4=O)c4ccc5c(S(=O)(=O)[O-])cc(S(=O)(=O)O)cc5c4C3(C)CCOCCOCCOCCOC)C2=O)C(C)(CCCS(=O)(=O)O)c2c1ccc1c(S(=O)(=O)O)cc(S(=O)(=O)O)cc21. The van der Waals surface area contributed by atoms with E-state index in [1.54, 1.807) is 30.2 Å². The average Bonchev–Trinajstić information content (AvgIpc) is 1.60. The number of rotatable bonds is 28. The molecule has 2 unspecified atom stereocenters. The lowest BCUT2D eigenvalue weighted by Crippen LogP contribution is -2.35. The van der Waals surface area contributed by atoms with Crippen LogP contribution in [0.25, 0.3) is 21.5 Å². The van der Waals surface area contributed by atoms with Gasteiger partial charge in [0.05, 0.1) is 83.1 Å². The number of Topliss-reactive ketones (excluding diaryl/α,β-unsaturated/α-hetero) is 1. The lowest BCUT2D eigenvalue weighted by atomic mass is 9.72. The van der Waals surface area contributed by atoms with Crippen molar-refractivity contribution in [1.29, 1.82) is 0 Å². The number of fused-ring (bicyclic) bond motifs is 6. The van der Waals surface area contributed by atoms with Crippen molar-refractivity contribution in [2.45, 2.75) is 96.1 Å². The smallest absolute Gasteiger partial charge is 0.333 e. The number of hydroxylamine groups is 2. The number of anilines is 1. The van der Waals surface area contributed by atoms with E-state index in [1.807, 2.05) is 0 Å². The van der Waals surface area contributed by atoms with Gasteiger partial charge in [-0.2, -0.15) is 38.2 Å². The van der Waals surface area contributed by atoms with E-state index >= 15 is 0 Å². The van der Waals surface area contributed by atoms with Crippen molar-refractivity contribution in [3.63, 3.8) is 0 Å². The average molecular weight is 1310 g/mol. The number of benzene rings is 4. The quantitative estimate of drug-likeness (QED) is 0.0175. The fourth-order valence-corrected chi connectivity index (χ4v) is 14.6. The monoisotopic (exact) mass is 1310 g/mol. The number of hydrogen-bond donors (Lipinski definition) is 5. The molecule has 1 fully saturated rings. The van der Waals surface area contributed by atoms with Gasteiger partial charge in [0.2, 0.25) is 11.5 Å². The molecule has 1 aliphatic carbocycles. The Labute approximate surface area is 500 Å². The standard InChI is InChI=1S/C54H61N3O25S5/c1-5-55-40-11-9-34-36(26-32(84(66,67)68)28-42(34)86(72,73)74)49(40)53(2,15-7-25-83(63,64)65)44(55)30-38-51(61)39(52(38)62)31-45-54(3,16-18-79-21-22-81-24-23-80-20-19-78-4)50-37-27-33(85(69,70)71)29-43(87(75,76)77)35(37)10-12-41(50)56(45)17-6-8-48(60)82-57-46(58)13-14-47(57)59/h9-12,26-31H,5-8,13-25H2,1-4H3,(H5-,61,62,63,64,65,66,67,68,69,70,71,72,73,74,75,76,77). The summed E-state index contributed by atoms with van der Waals surface area (Å²) in [4.78, 5) is 55.6. The summed E-state index contributed by atoms with van der Waals surface area (Å²) < 4.78 is 204. The number of allylic oxidation sites excluding steroid dienone is 5. The minimum absolute atomic E-state index is 0.00109. The zero-order chi connectivity index (χ0) is 64.0. The van der Waals surface area contributed by atoms with Crippen LogP contribution in [0.1, 0.15) is 76.8 Å². The van der Waals surface area contributed by atoms with Gasteiger partial charge >= 0.3 is 5.97 Å². The van der Waals surface area contributed by atoms with Gasteiger partial charge in [0.1, 0.15) is 27.3 Å². The van der Waals surface area contributed by atoms with Crippen LogP contribution in [0.5, 0.6) is 0 Å². The normalized spacial score (nSPS) is 20.3. The fraction of sp³-hybridized carbons (Fsp3) is 0.426. The van der Waals surface area contributed by atoms with Crippen LogP contribution in [0.15, 0.2) is 103 Å². The molecule has 0 spiro atoms. The van der Waals surface area contributed by atoms with Crippen molar-refractivity contribution in [3.05, 3.63) is 94.4 Å². The molecule has 2 atom stereocenters. The minimum atomic E-state index is -5.50. The zero-order valence-electron chi connectivity index (χ0n) is 47.1. The summed E-state index contributed by atoms with van der Waals surface area (Å²) in [6, 6.07) is 8.24. The van der Waals surface area contributed by atoms with Crippen LogP contribution < -0.4 is 4.90 Å². The lowest BCUT2D eigenvalue weighted by molar-refractivity contribution is -0.438. The molecular weight excluding hydrogens is 1250 g/mol. The van der Waals surface area contributed by atoms with E-state index in [0.717, 1.165) is 12.1 Å². The van der Waals surface area contributed by atoms with Gasteiger partial charge in [-0.25, -0.2) is 13.2 Å². The summed E-state index contributed by atoms with van der Waals surface area (Å²) in [5, 5.41) is 11.7. The molecule has 4 aromatic rings. The number of carbonyl (C=O) groups excluding carboxylic acids is 4. The maximum atomic E-state index is 14.9. The molecule has 0 radical (unpaired) electrons. The number of aliphatic hydroxyl groups excluding tert-OH is 1. The van der Waals surface area contributed by atoms with Crippen LogP contribution in [0, 0.1) is 0 Å². The Morgan fingerprint density at radius 1 is 0.678 bits per heavy atom. The predicted molar refractivity (Wildman–Crippen MR) is 305 cm³/mol. The first-order chi connectivity index (χ1) is 40.6. The van der Waals surface area contributed by atoms with Crippen LogP contribution in [0.2, 0.25) is 0 Å². The second-order valence-corrected chi connectivity index (χ2v) is 28.2. The largest absolute Gasteiger partial charge is 0.744 e. The third kappa shape index (κ3) is 13.8. The second-order valence-electron chi connectivity index (χ2n) is 21.1. The molecule has 8 rings (SSSR count). The first kappa shape index (κ1) is 66.5. The number of amides is 2. The number of imide groups is 1. The summed E-state index contributed by atoms with van der Waals surface area (Å²) in [7, 11) is -24.3. The molecule has 28 nitrogen and oxygen atoms in total. The Morgan fingerprint density at radius 3 is 1.77 bits per heavy atom. The predicted octanol–water partition coefficient (Wildman–Crippen LogP) is 4.14. The van der Waals surface area contributed by atoms with E-state index in [9.17, 15) is 89.1 Å². The number of carbonyl (C=O) groups is 4. The second kappa shape index (κ2) is 25.2. The Balaban J connectivity index is 1.30. The van der Waals surface area contributed by atoms with Gasteiger partial charge in [0.15, 0.2) is 5.71 Å². The van der Waals surface area contributed by atoms with Crippen molar-refractivity contribution >= 4 is 113 Å². The maximum Gasteiger partial charge on any atom is 0.333 e. The summed E-state index contributed by atoms with van der Waals surface area (Å²) in [6.45, 7) is 5.70. The summed E-state index contributed by atoms with van der Waals surface area (Å²) >= 11 is 0. The van der Waals surface area contributed by atoms with Crippen molar-refractivity contribution in [2.75, 3.05) is 77.1 Å². The van der Waals surface area contributed by atoms with Crippen molar-refractivity contribution in [3.8, 4) is 0 Å². The van der Waals surface area contributed by atoms with Gasteiger partial charge in [-0.05, 0) is 98.8 Å². The molecule has 4 aliphatic rings. The molecular formula is C54H61N3O25S5. The van der Waals surface area contributed by atoms with Gasteiger partial charge in [0, 0.05) is 84.8 Å². The highest BCUT2D eigenvalue weighted by Gasteiger charge is 2.52. The Hall–Kier alpha value is -6.44. The fourth-order valence-electron chi connectivity index (χ4n) is 11.5. The molecule has 5 N–H and O–H groups in total. The minimum Gasteiger partial charge on any atom is -0.744 e. The first-order valence-corrected chi connectivity index (χ1v) is 34.1. The third-order valence-corrected chi connectivity index (χ3v) is 19.7. The van der Waals surface area contributed by atoms with Crippen molar-refractivity contribution < 1.29 is 117 Å². The molecule has 33 heteroatoms. The molecule has 87 heavy (non-hydrogen) atoms. The number of ether oxygens (including phenoxy) is 4. The first-order valence-electron chi connectivity index (χ1n) is 26.8. The van der Waals surface area contributed by atoms with Crippen molar-refractivity contribution in [2.24, 2.45) is 0 Å². The van der Waals surface area contributed by atoms with Gasteiger partial charge < -0.3 is 38.3 Å². The highest BCUT2D eigenvalue weighted by molar-refractivity contribution is 7.87. The topological polar surface area (TPSA) is 419 Å². The summed E-state index contributed by atoms with van der Waals surface area (Å²) in [5.41, 5.74) is -2.92. The maximum absolute atomic E-state index is 14.9. The van der Waals surface area contributed by atoms with E-state index in [2.05, 4.69) is 0 Å². The van der Waals surface area contributed by atoms with Gasteiger partial charge in [-0.3, -0.25) is 32.6 Å². The molecule has 472 valence electrons. The number of hydrogen-bond acceptors (Lipinski definition) is 22. The van der Waals surface area contributed by atoms with E-state index in [-0.39, 0.29) is 151 Å².